The molecule has 314 valence electrons. The number of fused-ring (bicyclic) bond motifs is 12. The van der Waals surface area contributed by atoms with Crippen LogP contribution in [0.15, 0.2) is 181 Å². The van der Waals surface area contributed by atoms with Crippen LogP contribution in [-0.4, -0.2) is 0 Å². The molecule has 0 bridgehead atoms. The molecule has 4 aromatic heterocycles. The van der Waals surface area contributed by atoms with Gasteiger partial charge in [-0.25, -0.2) is 0 Å². The molecule has 0 amide bonds. The van der Waals surface area contributed by atoms with Crippen molar-refractivity contribution in [1.82, 2.24) is 0 Å². The van der Waals surface area contributed by atoms with Crippen LogP contribution in [0.1, 0.15) is 22.3 Å². The Morgan fingerprint density at radius 3 is 1.21 bits per heavy atom. The zero-order valence-corrected chi connectivity index (χ0v) is 39.1. The highest BCUT2D eigenvalue weighted by molar-refractivity contribution is 7.26. The third-order valence-electron chi connectivity index (χ3n) is 13.7. The maximum absolute atomic E-state index is 2.50. The van der Waals surface area contributed by atoms with Crippen molar-refractivity contribution in [3.63, 3.8) is 0 Å². The summed E-state index contributed by atoms with van der Waals surface area (Å²) in [5.74, 6) is 0. The van der Waals surface area contributed by atoms with Gasteiger partial charge in [0.15, 0.2) is 0 Å². The molecule has 6 aromatic carbocycles. The van der Waals surface area contributed by atoms with Crippen LogP contribution in [0.3, 0.4) is 0 Å². The van der Waals surface area contributed by atoms with Gasteiger partial charge in [0.1, 0.15) is 0 Å². The maximum atomic E-state index is 2.50. The number of hydrogen-bond acceptors (Lipinski definition) is 6. The topological polar surface area (TPSA) is 6.48 Å². The summed E-state index contributed by atoms with van der Waals surface area (Å²) < 4.78 is 10.9. The molecule has 10 aromatic rings. The van der Waals surface area contributed by atoms with Crippen LogP contribution in [0.2, 0.25) is 0 Å². The summed E-state index contributed by atoms with van der Waals surface area (Å²) in [7, 11) is 0. The number of anilines is 4. The summed E-state index contributed by atoms with van der Waals surface area (Å²) in [6.07, 6.45) is 26.8. The van der Waals surface area contributed by atoms with Gasteiger partial charge in [-0.05, 0) is 155 Å². The molecule has 14 rings (SSSR count). The molecule has 0 unspecified atom stereocenters. The van der Waals surface area contributed by atoms with Crippen molar-refractivity contribution in [2.75, 3.05) is 9.80 Å². The predicted molar refractivity (Wildman–Crippen MR) is 289 cm³/mol. The first-order chi connectivity index (χ1) is 32.7. The van der Waals surface area contributed by atoms with Crippen LogP contribution in [0.5, 0.6) is 0 Å². The number of hydrogen-bond donors (Lipinski definition) is 0. The van der Waals surface area contributed by atoms with E-state index < -0.39 is 0 Å². The lowest BCUT2D eigenvalue weighted by atomic mass is 9.97. The SMILES string of the molecule is C1=CCc2c3c(sc2=C1)=CC=C(N(c1ccc(-c2ccc(N(C4=CC=c5sc6c(c5C4)CC=CC=6)c4ccc5sc6ccccc6c5c4)cc2)cc1)c1ccc2sc4ccccc4c2c1)C3. The molecule has 4 heterocycles. The van der Waals surface area contributed by atoms with E-state index in [0.29, 0.717) is 0 Å². The van der Waals surface area contributed by atoms with Gasteiger partial charge in [0.2, 0.25) is 0 Å². The lowest BCUT2D eigenvalue weighted by molar-refractivity contribution is 1.01. The molecule has 0 fully saturated rings. The van der Waals surface area contributed by atoms with Crippen LogP contribution in [0.25, 0.3) is 75.8 Å². The Kier molecular flexibility index (Phi) is 8.98. The molecule has 66 heavy (non-hydrogen) atoms. The molecule has 0 saturated carbocycles. The Hall–Kier alpha value is -6.80. The fraction of sp³-hybridized carbons (Fsp3) is 0.0667. The maximum Gasteiger partial charge on any atom is 0.0465 e. The van der Waals surface area contributed by atoms with Crippen LogP contribution in [-0.2, 0) is 25.7 Å². The summed E-state index contributed by atoms with van der Waals surface area (Å²) in [5, 5.41) is 5.27. The standard InChI is InChI=1S/C60H40N2S4/c1-5-13-53-45(9-1)49-33-41(25-29-57(49)63-53)61(42-26-30-58-50(34-42)46-10-2-6-14-54(46)64-58)39-21-17-37(18-22-39)38-19-23-40(24-20-38)62(43-27-31-59-51(35-43)47-11-3-7-15-55(47)65-59)44-28-32-60-52(36-44)48-12-4-8-16-56(48)66-60/h1-9,11,13-33,35H,10,12,34,36H2. The largest absolute Gasteiger partial charge is 0.314 e. The molecule has 2 nitrogen and oxygen atoms in total. The zero-order chi connectivity index (χ0) is 43.3. The Morgan fingerprint density at radius 1 is 0.333 bits per heavy atom. The highest BCUT2D eigenvalue weighted by Crippen LogP contribution is 2.42. The molecule has 6 heteroatoms. The van der Waals surface area contributed by atoms with Gasteiger partial charge in [-0.15, -0.1) is 45.3 Å². The van der Waals surface area contributed by atoms with Crippen molar-refractivity contribution in [2.45, 2.75) is 25.7 Å². The Bertz CT molecular complexity index is 3790. The lowest BCUT2D eigenvalue weighted by Crippen LogP contribution is -2.23. The fourth-order valence-corrected chi connectivity index (χ4v) is 15.0. The van der Waals surface area contributed by atoms with Gasteiger partial charge in [-0.2, -0.15) is 0 Å². The number of allylic oxidation sites excluding steroid dienone is 8. The summed E-state index contributed by atoms with van der Waals surface area (Å²) in [4.78, 5) is 4.99. The number of rotatable bonds is 7. The highest BCUT2D eigenvalue weighted by Gasteiger charge is 2.24. The van der Waals surface area contributed by atoms with Crippen molar-refractivity contribution in [3.05, 3.63) is 222 Å². The van der Waals surface area contributed by atoms with E-state index in [-0.39, 0.29) is 0 Å². The average Bonchev–Trinajstić information content (AvgIpc) is 4.14. The second-order valence-electron chi connectivity index (χ2n) is 17.5. The van der Waals surface area contributed by atoms with Crippen molar-refractivity contribution in [1.29, 1.82) is 0 Å². The first-order valence-corrected chi connectivity index (χ1v) is 25.9. The van der Waals surface area contributed by atoms with Gasteiger partial charge in [0.05, 0.1) is 0 Å². The number of benzene rings is 6. The van der Waals surface area contributed by atoms with Gasteiger partial charge in [-0.3, -0.25) is 0 Å². The lowest BCUT2D eigenvalue weighted by Gasteiger charge is -2.30. The van der Waals surface area contributed by atoms with Crippen LogP contribution in [0, 0.1) is 0 Å². The minimum atomic E-state index is 0.900. The molecule has 0 radical (unpaired) electrons. The summed E-state index contributed by atoms with van der Waals surface area (Å²) in [5.41, 5.74) is 15.6. The molecule has 4 aliphatic rings. The molecule has 0 N–H and O–H groups in total. The van der Waals surface area contributed by atoms with Crippen LogP contribution < -0.4 is 27.9 Å². The minimum absolute atomic E-state index is 0.900. The van der Waals surface area contributed by atoms with Gasteiger partial charge in [0.25, 0.3) is 0 Å². The number of nitrogens with zero attached hydrogens (tertiary/aromatic N) is 2. The van der Waals surface area contributed by atoms with E-state index in [1.54, 1.807) is 0 Å². The number of thiophene rings is 4. The second kappa shape index (κ2) is 15.4. The Morgan fingerprint density at radius 2 is 0.742 bits per heavy atom. The molecule has 0 aliphatic heterocycles. The van der Waals surface area contributed by atoms with Crippen molar-refractivity contribution < 1.29 is 0 Å². The monoisotopic (exact) mass is 916 g/mol. The Balaban J connectivity index is 0.832. The smallest absolute Gasteiger partial charge is 0.0465 e. The summed E-state index contributed by atoms with van der Waals surface area (Å²) in [6, 6.07) is 50.2. The van der Waals surface area contributed by atoms with E-state index in [9.17, 15) is 0 Å². The first-order valence-electron chi connectivity index (χ1n) is 22.7. The van der Waals surface area contributed by atoms with Crippen molar-refractivity contribution >= 4 is 133 Å². The molecule has 0 spiro atoms. The van der Waals surface area contributed by atoms with Gasteiger partial charge in [-0.1, -0.05) is 85.0 Å². The fourth-order valence-electron chi connectivity index (χ4n) is 10.5. The quantitative estimate of drug-likeness (QED) is 0.157. The van der Waals surface area contributed by atoms with Crippen molar-refractivity contribution in [3.8, 4) is 11.1 Å². The third kappa shape index (κ3) is 6.31. The van der Waals surface area contributed by atoms with E-state index in [2.05, 4.69) is 204 Å². The normalized spacial score (nSPS) is 14.7. The van der Waals surface area contributed by atoms with E-state index in [1.807, 2.05) is 45.3 Å². The van der Waals surface area contributed by atoms with E-state index in [1.165, 1.54) is 126 Å². The summed E-state index contributed by atoms with van der Waals surface area (Å²) in [6.45, 7) is 0. The Labute approximate surface area is 398 Å². The van der Waals surface area contributed by atoms with Gasteiger partial charge in [0, 0.05) is 105 Å². The molecule has 0 saturated heterocycles. The second-order valence-corrected chi connectivity index (χ2v) is 21.8. The first kappa shape index (κ1) is 38.5. The highest BCUT2D eigenvalue weighted by atomic mass is 32.1. The minimum Gasteiger partial charge on any atom is -0.314 e. The van der Waals surface area contributed by atoms with Gasteiger partial charge >= 0.3 is 0 Å². The summed E-state index contributed by atoms with van der Waals surface area (Å²) >= 11 is 7.60. The van der Waals surface area contributed by atoms with Crippen LogP contribution in [0.4, 0.5) is 22.7 Å². The van der Waals surface area contributed by atoms with E-state index in [0.717, 1.165) is 25.7 Å². The predicted octanol–water partition coefficient (Wildman–Crippen LogP) is 14.1. The molecular weight excluding hydrogens is 877 g/mol. The third-order valence-corrected chi connectivity index (χ3v) is 18.4. The van der Waals surface area contributed by atoms with Gasteiger partial charge < -0.3 is 9.80 Å². The van der Waals surface area contributed by atoms with E-state index >= 15 is 0 Å². The van der Waals surface area contributed by atoms with Crippen LogP contribution >= 0.6 is 45.3 Å². The van der Waals surface area contributed by atoms with E-state index in [4.69, 9.17) is 0 Å². The molecule has 4 aliphatic carbocycles. The average molecular weight is 917 g/mol. The molecular formula is C60H40N2S4. The zero-order valence-electron chi connectivity index (χ0n) is 35.8. The molecule has 0 atom stereocenters. The van der Waals surface area contributed by atoms with Crippen molar-refractivity contribution in [2.24, 2.45) is 0 Å².